The number of hydrogen-bond acceptors (Lipinski definition) is 6. The number of nitrogens with one attached hydrogen (secondary N) is 1. The van der Waals surface area contributed by atoms with Crippen LogP contribution in [0, 0.1) is 12.7 Å². The van der Waals surface area contributed by atoms with Crippen molar-refractivity contribution in [1.82, 2.24) is 14.9 Å². The fourth-order valence-electron chi connectivity index (χ4n) is 2.52. The summed E-state index contributed by atoms with van der Waals surface area (Å²) in [5, 5.41) is 10.8. The predicted octanol–water partition coefficient (Wildman–Crippen LogP) is 3.23. The Morgan fingerprint density at radius 3 is 2.64 bits per heavy atom. The molecule has 0 unspecified atom stereocenters. The maximum absolute atomic E-state index is 13.1. The fourth-order valence-corrected chi connectivity index (χ4v) is 3.29. The van der Waals surface area contributed by atoms with Crippen molar-refractivity contribution in [3.05, 3.63) is 53.8 Å². The fraction of sp³-hybridized carbons (Fsp3) is 0.211. The van der Waals surface area contributed by atoms with Crippen LogP contribution in [0.25, 0.3) is 11.4 Å². The largest absolute Gasteiger partial charge is 0.495 e. The molecule has 0 aliphatic carbocycles. The Bertz CT molecular complexity index is 990. The number of aromatic nitrogens is 3. The lowest BCUT2D eigenvalue weighted by Gasteiger charge is -2.14. The smallest absolute Gasteiger partial charge is 0.237 e. The van der Waals surface area contributed by atoms with E-state index < -0.39 is 5.25 Å². The lowest BCUT2D eigenvalue weighted by atomic mass is 10.2. The molecule has 3 rings (SSSR count). The van der Waals surface area contributed by atoms with Crippen LogP contribution < -0.4 is 15.9 Å². The van der Waals surface area contributed by atoms with Gasteiger partial charge in [0.2, 0.25) is 11.1 Å². The Labute approximate surface area is 166 Å². The highest BCUT2D eigenvalue weighted by atomic mass is 32.2. The van der Waals surface area contributed by atoms with E-state index in [1.807, 2.05) is 19.1 Å². The number of ether oxygens (including phenoxy) is 1. The van der Waals surface area contributed by atoms with Crippen molar-refractivity contribution < 1.29 is 13.9 Å². The molecular weight excluding hydrogens is 381 g/mol. The second-order valence-electron chi connectivity index (χ2n) is 6.14. The van der Waals surface area contributed by atoms with Crippen molar-refractivity contribution in [2.24, 2.45) is 0 Å². The SMILES string of the molecule is COc1ccc(C)cc1NC(=O)[C@@H](C)Sc1nnc(-c2ccc(F)cc2)n1N. The third-order valence-corrected chi connectivity index (χ3v) is 5.09. The van der Waals surface area contributed by atoms with Crippen LogP contribution in [-0.4, -0.2) is 33.1 Å². The molecule has 0 saturated carbocycles. The van der Waals surface area contributed by atoms with E-state index in [9.17, 15) is 9.18 Å². The van der Waals surface area contributed by atoms with E-state index in [4.69, 9.17) is 10.6 Å². The van der Waals surface area contributed by atoms with Crippen molar-refractivity contribution in [2.45, 2.75) is 24.3 Å². The summed E-state index contributed by atoms with van der Waals surface area (Å²) in [6.07, 6.45) is 0. The molecule has 1 amide bonds. The van der Waals surface area contributed by atoms with Crippen LogP contribution in [0.1, 0.15) is 12.5 Å². The predicted molar refractivity (Wildman–Crippen MR) is 107 cm³/mol. The Kier molecular flexibility index (Phi) is 5.84. The maximum Gasteiger partial charge on any atom is 0.237 e. The summed E-state index contributed by atoms with van der Waals surface area (Å²) in [5.41, 5.74) is 2.23. The van der Waals surface area contributed by atoms with Crippen molar-refractivity contribution in [3.63, 3.8) is 0 Å². The third kappa shape index (κ3) is 4.25. The molecule has 3 aromatic rings. The van der Waals surface area contributed by atoms with Crippen molar-refractivity contribution in [2.75, 3.05) is 18.3 Å². The van der Waals surface area contributed by atoms with Gasteiger partial charge in [-0.05, 0) is 55.8 Å². The van der Waals surface area contributed by atoms with Gasteiger partial charge in [-0.15, -0.1) is 10.2 Å². The van der Waals surface area contributed by atoms with Gasteiger partial charge in [0.15, 0.2) is 5.82 Å². The summed E-state index contributed by atoms with van der Waals surface area (Å²) in [4.78, 5) is 12.6. The number of carbonyl (C=O) groups excluding carboxylic acids is 1. The highest BCUT2D eigenvalue weighted by molar-refractivity contribution is 8.00. The first-order valence-corrected chi connectivity index (χ1v) is 9.35. The number of amides is 1. The molecule has 0 fully saturated rings. The van der Waals surface area contributed by atoms with Gasteiger partial charge >= 0.3 is 0 Å². The van der Waals surface area contributed by atoms with E-state index in [2.05, 4.69) is 15.5 Å². The molecule has 1 aromatic heterocycles. The molecule has 9 heteroatoms. The summed E-state index contributed by atoms with van der Waals surface area (Å²) in [5.74, 6) is 6.46. The zero-order chi connectivity index (χ0) is 20.3. The van der Waals surface area contributed by atoms with Crippen LogP contribution in [0.5, 0.6) is 5.75 Å². The lowest BCUT2D eigenvalue weighted by Crippen LogP contribution is -2.24. The van der Waals surface area contributed by atoms with Crippen LogP contribution in [0.2, 0.25) is 0 Å². The van der Waals surface area contributed by atoms with Crippen LogP contribution in [0.3, 0.4) is 0 Å². The molecule has 0 bridgehead atoms. The number of nitrogen functional groups attached to an aromatic ring is 1. The minimum Gasteiger partial charge on any atom is -0.495 e. The Morgan fingerprint density at radius 1 is 1.25 bits per heavy atom. The van der Waals surface area contributed by atoms with Gasteiger partial charge in [0, 0.05) is 5.56 Å². The Morgan fingerprint density at radius 2 is 1.96 bits per heavy atom. The molecule has 0 aliphatic heterocycles. The topological polar surface area (TPSA) is 95.1 Å². The van der Waals surface area contributed by atoms with E-state index in [-0.39, 0.29) is 11.7 Å². The minimum absolute atomic E-state index is 0.222. The third-order valence-electron chi connectivity index (χ3n) is 4.03. The number of halogens is 1. The molecule has 146 valence electrons. The quantitative estimate of drug-likeness (QED) is 0.486. The van der Waals surface area contributed by atoms with Gasteiger partial charge in [-0.3, -0.25) is 4.79 Å². The van der Waals surface area contributed by atoms with Gasteiger partial charge in [0.1, 0.15) is 11.6 Å². The molecule has 0 aliphatic rings. The number of benzene rings is 2. The van der Waals surface area contributed by atoms with E-state index in [1.54, 1.807) is 32.2 Å². The van der Waals surface area contributed by atoms with Crippen LogP contribution in [-0.2, 0) is 4.79 Å². The molecule has 2 aromatic carbocycles. The normalized spacial score (nSPS) is 11.9. The zero-order valence-corrected chi connectivity index (χ0v) is 16.5. The first kappa shape index (κ1) is 19.7. The summed E-state index contributed by atoms with van der Waals surface area (Å²) in [6.45, 7) is 3.68. The molecule has 1 atom stereocenters. The monoisotopic (exact) mass is 401 g/mol. The maximum atomic E-state index is 13.1. The van der Waals surface area contributed by atoms with Crippen molar-refractivity contribution in [1.29, 1.82) is 0 Å². The molecule has 0 saturated heterocycles. The number of thioether (sulfide) groups is 1. The highest BCUT2D eigenvalue weighted by Crippen LogP contribution is 2.28. The standard InChI is InChI=1S/C19H20FN5O2S/c1-11-4-9-16(27-3)15(10-11)22-18(26)12(2)28-19-24-23-17(25(19)21)13-5-7-14(20)8-6-13/h4-10,12H,21H2,1-3H3,(H,22,26)/t12-/m1/s1. The number of aryl methyl sites for hydroxylation is 1. The Balaban J connectivity index is 1.73. The first-order chi connectivity index (χ1) is 13.4. The number of nitrogens with two attached hydrogens (primary N) is 1. The van der Waals surface area contributed by atoms with Gasteiger partial charge in [0.05, 0.1) is 18.0 Å². The number of methoxy groups -OCH3 is 1. The summed E-state index contributed by atoms with van der Waals surface area (Å²) >= 11 is 1.17. The van der Waals surface area contributed by atoms with E-state index >= 15 is 0 Å². The van der Waals surface area contributed by atoms with E-state index in [0.717, 1.165) is 5.56 Å². The summed E-state index contributed by atoms with van der Waals surface area (Å²) in [6, 6.07) is 11.3. The second kappa shape index (κ2) is 8.30. The highest BCUT2D eigenvalue weighted by Gasteiger charge is 2.21. The molecule has 28 heavy (non-hydrogen) atoms. The minimum atomic E-state index is -0.488. The zero-order valence-electron chi connectivity index (χ0n) is 15.6. The summed E-state index contributed by atoms with van der Waals surface area (Å²) in [7, 11) is 1.55. The van der Waals surface area contributed by atoms with E-state index in [0.29, 0.717) is 28.0 Å². The number of nitrogens with zero attached hydrogens (tertiary/aromatic N) is 3. The van der Waals surface area contributed by atoms with Gasteiger partial charge < -0.3 is 15.9 Å². The lowest BCUT2D eigenvalue weighted by molar-refractivity contribution is -0.115. The van der Waals surface area contributed by atoms with Crippen LogP contribution >= 0.6 is 11.8 Å². The first-order valence-electron chi connectivity index (χ1n) is 8.47. The average Bonchev–Trinajstić information content (AvgIpc) is 3.03. The molecule has 7 nitrogen and oxygen atoms in total. The van der Waals surface area contributed by atoms with Crippen molar-refractivity contribution in [3.8, 4) is 17.1 Å². The Hall–Kier alpha value is -3.07. The molecular formula is C19H20FN5O2S. The van der Waals surface area contributed by atoms with Crippen LogP contribution in [0.4, 0.5) is 10.1 Å². The average molecular weight is 401 g/mol. The number of carbonyl (C=O) groups is 1. The number of hydrogen-bond donors (Lipinski definition) is 2. The van der Waals surface area contributed by atoms with Gasteiger partial charge in [-0.1, -0.05) is 17.8 Å². The summed E-state index contributed by atoms with van der Waals surface area (Å²) < 4.78 is 19.7. The number of anilines is 1. The second-order valence-corrected chi connectivity index (χ2v) is 7.44. The van der Waals surface area contributed by atoms with E-state index in [1.165, 1.54) is 28.6 Å². The van der Waals surface area contributed by atoms with Gasteiger partial charge in [-0.25, -0.2) is 9.07 Å². The van der Waals surface area contributed by atoms with Crippen LogP contribution in [0.15, 0.2) is 47.6 Å². The molecule has 0 radical (unpaired) electrons. The van der Waals surface area contributed by atoms with Gasteiger partial charge in [-0.2, -0.15) is 0 Å². The molecule has 3 N–H and O–H groups in total. The van der Waals surface area contributed by atoms with Gasteiger partial charge in [0.25, 0.3) is 0 Å². The molecule has 1 heterocycles. The van der Waals surface area contributed by atoms with Crippen molar-refractivity contribution >= 4 is 23.4 Å². The number of rotatable bonds is 6. The molecule has 0 spiro atoms.